The lowest BCUT2D eigenvalue weighted by molar-refractivity contribution is -0.264. The molecule has 0 unspecified atom stereocenters. The first-order valence-electron chi connectivity index (χ1n) is 6.44. The van der Waals surface area contributed by atoms with E-state index in [1.54, 1.807) is 0 Å². The smallest absolute Gasteiger partial charge is 0.205 e. The molecule has 2 aliphatic rings. The molecule has 0 saturated carbocycles. The minimum Gasteiger partial charge on any atom is -0.361 e. The Morgan fingerprint density at radius 1 is 1.24 bits per heavy atom. The average molecular weight is 233 g/mol. The number of morpholine rings is 1. The Kier molecular flexibility index (Phi) is 2.90. The van der Waals surface area contributed by atoms with E-state index in [1.807, 2.05) is 30.3 Å². The van der Waals surface area contributed by atoms with Gasteiger partial charge in [0.2, 0.25) is 5.79 Å². The number of hydrogen-bond acceptors (Lipinski definition) is 3. The van der Waals surface area contributed by atoms with Crippen molar-refractivity contribution in [3.63, 3.8) is 0 Å². The average Bonchev–Trinajstić information content (AvgIpc) is 2.40. The van der Waals surface area contributed by atoms with Crippen LogP contribution in [0.3, 0.4) is 0 Å². The minimum atomic E-state index is -1.12. The van der Waals surface area contributed by atoms with Crippen LogP contribution in [-0.4, -0.2) is 35.7 Å². The van der Waals surface area contributed by atoms with Gasteiger partial charge in [-0.3, -0.25) is 4.90 Å². The highest BCUT2D eigenvalue weighted by atomic mass is 16.6. The molecule has 0 spiro atoms. The first-order chi connectivity index (χ1) is 8.28. The van der Waals surface area contributed by atoms with E-state index in [4.69, 9.17) is 4.74 Å². The summed E-state index contributed by atoms with van der Waals surface area (Å²) in [6.07, 6.45) is 3.72. The third-order valence-electron chi connectivity index (χ3n) is 3.91. The minimum absolute atomic E-state index is 0.507. The van der Waals surface area contributed by atoms with Crippen LogP contribution in [-0.2, 0) is 10.5 Å². The number of benzene rings is 1. The maximum atomic E-state index is 10.6. The maximum Gasteiger partial charge on any atom is 0.205 e. The Morgan fingerprint density at radius 2 is 2.06 bits per heavy atom. The monoisotopic (exact) mass is 233 g/mol. The Bertz CT molecular complexity index is 381. The van der Waals surface area contributed by atoms with E-state index in [0.29, 0.717) is 19.2 Å². The topological polar surface area (TPSA) is 32.7 Å². The van der Waals surface area contributed by atoms with E-state index >= 15 is 0 Å². The molecule has 0 radical (unpaired) electrons. The van der Waals surface area contributed by atoms with Crippen molar-refractivity contribution in [3.05, 3.63) is 35.9 Å². The molecular formula is C14H19NO2. The number of aliphatic hydroxyl groups is 1. The lowest BCUT2D eigenvalue weighted by atomic mass is 9.96. The zero-order valence-corrected chi connectivity index (χ0v) is 10.0. The molecule has 0 aliphatic carbocycles. The number of nitrogens with zero attached hydrogens (tertiary/aromatic N) is 1. The van der Waals surface area contributed by atoms with E-state index in [1.165, 1.54) is 19.3 Å². The Morgan fingerprint density at radius 3 is 2.88 bits per heavy atom. The predicted octanol–water partition coefficient (Wildman–Crippen LogP) is 1.72. The van der Waals surface area contributed by atoms with Crippen LogP contribution in [0.25, 0.3) is 0 Å². The molecule has 1 aromatic rings. The fourth-order valence-corrected chi connectivity index (χ4v) is 2.89. The second-order valence-electron chi connectivity index (χ2n) is 5.08. The predicted molar refractivity (Wildman–Crippen MR) is 65.5 cm³/mol. The SMILES string of the molecule is O[C@]1(c2ccccc2)CN2CCCC[C@@H]2CO1. The molecule has 0 amide bonds. The summed E-state index contributed by atoms with van der Waals surface area (Å²) < 4.78 is 5.73. The van der Waals surface area contributed by atoms with Gasteiger partial charge in [-0.25, -0.2) is 0 Å². The normalized spacial score (nSPS) is 34.3. The summed E-state index contributed by atoms with van der Waals surface area (Å²) in [4.78, 5) is 2.38. The van der Waals surface area contributed by atoms with Crippen LogP contribution in [0.4, 0.5) is 0 Å². The van der Waals surface area contributed by atoms with Crippen LogP contribution in [0.5, 0.6) is 0 Å². The number of hydrogen-bond donors (Lipinski definition) is 1. The van der Waals surface area contributed by atoms with Crippen LogP contribution in [0, 0.1) is 0 Å². The van der Waals surface area contributed by atoms with Gasteiger partial charge in [-0.15, -0.1) is 0 Å². The standard InChI is InChI=1S/C14H19NO2/c16-14(12-6-2-1-3-7-12)11-15-9-5-4-8-13(15)10-17-14/h1-3,6-7,13,16H,4-5,8-11H2/t13-,14-/m1/s1. The zero-order valence-electron chi connectivity index (χ0n) is 10.0. The van der Waals surface area contributed by atoms with Crippen molar-refractivity contribution in [1.29, 1.82) is 0 Å². The molecule has 3 nitrogen and oxygen atoms in total. The first-order valence-corrected chi connectivity index (χ1v) is 6.44. The van der Waals surface area contributed by atoms with Crippen LogP contribution >= 0.6 is 0 Å². The quantitative estimate of drug-likeness (QED) is 0.801. The van der Waals surface area contributed by atoms with Crippen molar-refractivity contribution >= 4 is 0 Å². The van der Waals surface area contributed by atoms with Gasteiger partial charge in [0.25, 0.3) is 0 Å². The summed E-state index contributed by atoms with van der Waals surface area (Å²) in [5.74, 6) is -1.12. The number of piperidine rings is 1. The summed E-state index contributed by atoms with van der Waals surface area (Å²) in [5.41, 5.74) is 0.865. The second kappa shape index (κ2) is 4.41. The van der Waals surface area contributed by atoms with Crippen LogP contribution in [0.1, 0.15) is 24.8 Å². The number of ether oxygens (including phenoxy) is 1. The Labute approximate surface area is 102 Å². The van der Waals surface area contributed by atoms with Crippen molar-refractivity contribution < 1.29 is 9.84 Å². The van der Waals surface area contributed by atoms with Gasteiger partial charge in [0.15, 0.2) is 0 Å². The van der Waals surface area contributed by atoms with Crippen molar-refractivity contribution in [3.8, 4) is 0 Å². The molecular weight excluding hydrogens is 214 g/mol. The summed E-state index contributed by atoms with van der Waals surface area (Å²) in [7, 11) is 0. The Hall–Kier alpha value is -0.900. The van der Waals surface area contributed by atoms with Crippen LogP contribution in [0.15, 0.2) is 30.3 Å². The van der Waals surface area contributed by atoms with Crippen molar-refractivity contribution in [2.45, 2.75) is 31.1 Å². The molecule has 92 valence electrons. The van der Waals surface area contributed by atoms with Crippen molar-refractivity contribution in [2.24, 2.45) is 0 Å². The van der Waals surface area contributed by atoms with E-state index in [0.717, 1.165) is 12.1 Å². The summed E-state index contributed by atoms with van der Waals surface area (Å²) >= 11 is 0. The molecule has 0 bridgehead atoms. The van der Waals surface area contributed by atoms with E-state index < -0.39 is 5.79 Å². The first kappa shape index (κ1) is 11.2. The van der Waals surface area contributed by atoms with E-state index in [9.17, 15) is 5.11 Å². The molecule has 2 atom stereocenters. The van der Waals surface area contributed by atoms with E-state index in [2.05, 4.69) is 4.90 Å². The van der Waals surface area contributed by atoms with Gasteiger partial charge in [0, 0.05) is 11.6 Å². The molecule has 17 heavy (non-hydrogen) atoms. The maximum absolute atomic E-state index is 10.6. The third kappa shape index (κ3) is 2.10. The summed E-state index contributed by atoms with van der Waals surface area (Å²) in [5, 5.41) is 10.6. The lowest BCUT2D eigenvalue weighted by Gasteiger charge is -2.46. The van der Waals surface area contributed by atoms with Gasteiger partial charge >= 0.3 is 0 Å². The van der Waals surface area contributed by atoms with Crippen LogP contribution in [0.2, 0.25) is 0 Å². The van der Waals surface area contributed by atoms with Gasteiger partial charge in [0.1, 0.15) is 0 Å². The van der Waals surface area contributed by atoms with Gasteiger partial charge in [-0.1, -0.05) is 36.8 Å². The molecule has 1 aromatic carbocycles. The van der Waals surface area contributed by atoms with Crippen LogP contribution < -0.4 is 0 Å². The van der Waals surface area contributed by atoms with E-state index in [-0.39, 0.29) is 0 Å². The highest BCUT2D eigenvalue weighted by Crippen LogP contribution is 2.32. The molecule has 2 heterocycles. The third-order valence-corrected chi connectivity index (χ3v) is 3.91. The highest BCUT2D eigenvalue weighted by molar-refractivity contribution is 5.21. The van der Waals surface area contributed by atoms with Gasteiger partial charge in [-0.05, 0) is 19.4 Å². The van der Waals surface area contributed by atoms with Gasteiger partial charge < -0.3 is 9.84 Å². The zero-order chi connectivity index (χ0) is 11.7. The largest absolute Gasteiger partial charge is 0.361 e. The van der Waals surface area contributed by atoms with Gasteiger partial charge in [-0.2, -0.15) is 0 Å². The highest BCUT2D eigenvalue weighted by Gasteiger charge is 2.40. The van der Waals surface area contributed by atoms with Gasteiger partial charge in [0.05, 0.1) is 13.2 Å². The molecule has 2 saturated heterocycles. The molecule has 2 fully saturated rings. The molecule has 2 aliphatic heterocycles. The fraction of sp³-hybridized carbons (Fsp3) is 0.571. The lowest BCUT2D eigenvalue weighted by Crippen LogP contribution is -2.56. The summed E-state index contributed by atoms with van der Waals surface area (Å²) in [6, 6.07) is 10.2. The number of rotatable bonds is 1. The van der Waals surface area contributed by atoms with Crippen molar-refractivity contribution in [1.82, 2.24) is 4.90 Å². The molecule has 1 N–H and O–H groups in total. The van der Waals surface area contributed by atoms with Crippen molar-refractivity contribution in [2.75, 3.05) is 19.7 Å². The Balaban J connectivity index is 1.80. The second-order valence-corrected chi connectivity index (χ2v) is 5.08. The number of fused-ring (bicyclic) bond motifs is 1. The molecule has 0 aromatic heterocycles. The fourth-order valence-electron chi connectivity index (χ4n) is 2.89. The summed E-state index contributed by atoms with van der Waals surface area (Å²) in [6.45, 7) is 2.33. The molecule has 3 heteroatoms. The molecule has 3 rings (SSSR count).